The minimum absolute atomic E-state index is 0. The fraction of sp³-hybridized carbons (Fsp3) is 1.00. The van der Waals surface area contributed by atoms with Crippen molar-refractivity contribution in [3.05, 3.63) is 0 Å². The molecule has 1 N–H and O–H groups in total. The third-order valence-corrected chi connectivity index (χ3v) is 5.61. The van der Waals surface area contributed by atoms with Crippen LogP contribution in [0.25, 0.3) is 0 Å². The number of hydrogen-bond acceptors (Lipinski definition) is 4. The van der Waals surface area contributed by atoms with Gasteiger partial charge in [-0.3, -0.25) is 0 Å². The maximum Gasteiger partial charge on any atom is 1.00 e. The van der Waals surface area contributed by atoms with Gasteiger partial charge in [0.2, 0.25) is 0 Å². The molecule has 0 spiro atoms. The van der Waals surface area contributed by atoms with E-state index in [4.69, 9.17) is 0 Å². The molecule has 0 aliphatic rings. The summed E-state index contributed by atoms with van der Waals surface area (Å²) in [5.74, 6) is -0.232. The van der Waals surface area contributed by atoms with Crippen molar-refractivity contribution in [2.45, 2.75) is 122 Å². The van der Waals surface area contributed by atoms with Gasteiger partial charge in [-0.15, -0.1) is 0 Å². The van der Waals surface area contributed by atoms with E-state index in [9.17, 15) is 18.1 Å². The average molecular weight is 401 g/mol. The van der Waals surface area contributed by atoms with Gasteiger partial charge in [0, 0.05) is 5.75 Å². The van der Waals surface area contributed by atoms with Crippen LogP contribution in [0.2, 0.25) is 0 Å². The van der Waals surface area contributed by atoms with Crippen LogP contribution in [0.3, 0.4) is 0 Å². The van der Waals surface area contributed by atoms with Crippen LogP contribution in [0.15, 0.2) is 0 Å². The van der Waals surface area contributed by atoms with Crippen molar-refractivity contribution < 1.29 is 47.6 Å². The van der Waals surface area contributed by atoms with Crippen molar-refractivity contribution in [2.75, 3.05) is 5.75 Å². The number of hydrogen-bond donors (Lipinski definition) is 1. The monoisotopic (exact) mass is 400 g/mol. The molecule has 6 heteroatoms. The van der Waals surface area contributed by atoms with E-state index in [1.54, 1.807) is 0 Å². The Bertz CT molecular complexity index is 374. The molecule has 0 aromatic carbocycles. The molecule has 0 aromatic rings. The predicted octanol–water partition coefficient (Wildman–Crippen LogP) is 2.55. The first-order valence-corrected chi connectivity index (χ1v) is 12.1. The van der Waals surface area contributed by atoms with Crippen LogP contribution in [0.5, 0.6) is 0 Å². The van der Waals surface area contributed by atoms with E-state index in [-0.39, 0.29) is 41.4 Å². The van der Waals surface area contributed by atoms with E-state index in [0.717, 1.165) is 51.4 Å². The van der Waals surface area contributed by atoms with Gasteiger partial charge in [0.05, 0.1) is 16.2 Å². The van der Waals surface area contributed by atoms with E-state index in [2.05, 4.69) is 6.92 Å². The maximum absolute atomic E-state index is 10.5. The standard InChI is InChI=1S/C20H42O4S.Na/c1-2-3-4-5-6-7-8-11-14-17-20(21)18-15-12-9-10-13-16-19-25(22,23)24;/h20-21H,2-19H2,1H3,(H,22,23,24);/q;+1/p-1. The average Bonchev–Trinajstić information content (AvgIpc) is 2.54. The van der Waals surface area contributed by atoms with Gasteiger partial charge in [0.1, 0.15) is 0 Å². The van der Waals surface area contributed by atoms with Crippen molar-refractivity contribution >= 4 is 10.1 Å². The van der Waals surface area contributed by atoms with Gasteiger partial charge < -0.3 is 9.66 Å². The first kappa shape index (κ1) is 29.1. The van der Waals surface area contributed by atoms with Crippen molar-refractivity contribution in [3.63, 3.8) is 0 Å². The van der Waals surface area contributed by atoms with Crippen LogP contribution in [0.1, 0.15) is 116 Å². The van der Waals surface area contributed by atoms with Crippen LogP contribution >= 0.6 is 0 Å². The van der Waals surface area contributed by atoms with Crippen LogP contribution < -0.4 is 29.6 Å². The minimum atomic E-state index is -4.04. The Morgan fingerprint density at radius 1 is 0.692 bits per heavy atom. The van der Waals surface area contributed by atoms with E-state index in [1.807, 2.05) is 0 Å². The van der Waals surface area contributed by atoms with Crippen LogP contribution in [-0.2, 0) is 10.1 Å². The van der Waals surface area contributed by atoms with Crippen LogP contribution in [0, 0.1) is 0 Å². The van der Waals surface area contributed by atoms with E-state index < -0.39 is 10.1 Å². The Labute approximate surface area is 185 Å². The Morgan fingerprint density at radius 3 is 1.42 bits per heavy atom. The molecule has 0 saturated carbocycles. The Balaban J connectivity index is 0. The summed E-state index contributed by atoms with van der Waals surface area (Å²) in [6.45, 7) is 2.25. The fourth-order valence-electron chi connectivity index (χ4n) is 3.20. The maximum atomic E-state index is 10.5. The van der Waals surface area contributed by atoms with Crippen LogP contribution in [-0.4, -0.2) is 29.9 Å². The number of aliphatic hydroxyl groups excluding tert-OH is 1. The van der Waals surface area contributed by atoms with Gasteiger partial charge in [0.25, 0.3) is 0 Å². The molecule has 0 fully saturated rings. The molecule has 0 bridgehead atoms. The third-order valence-electron chi connectivity index (χ3n) is 4.82. The Hall–Kier alpha value is 0.870. The second kappa shape index (κ2) is 20.6. The smallest absolute Gasteiger partial charge is 0.748 e. The topological polar surface area (TPSA) is 77.4 Å². The molecular formula is C20H41NaO4S. The van der Waals surface area contributed by atoms with Gasteiger partial charge in [-0.05, 0) is 19.3 Å². The number of aliphatic hydroxyl groups is 1. The first-order valence-electron chi connectivity index (χ1n) is 10.6. The molecule has 0 rings (SSSR count). The van der Waals surface area contributed by atoms with Crippen molar-refractivity contribution in [1.29, 1.82) is 0 Å². The summed E-state index contributed by atoms with van der Waals surface area (Å²) in [6.07, 6.45) is 18.9. The largest absolute Gasteiger partial charge is 1.00 e. The summed E-state index contributed by atoms with van der Waals surface area (Å²) >= 11 is 0. The first-order chi connectivity index (χ1) is 12.0. The normalized spacial score (nSPS) is 12.7. The van der Waals surface area contributed by atoms with E-state index >= 15 is 0 Å². The molecule has 4 nitrogen and oxygen atoms in total. The quantitative estimate of drug-likeness (QED) is 0.205. The number of unbranched alkanes of at least 4 members (excludes halogenated alkanes) is 13. The van der Waals surface area contributed by atoms with Crippen molar-refractivity contribution in [2.24, 2.45) is 0 Å². The number of rotatable bonds is 19. The van der Waals surface area contributed by atoms with Gasteiger partial charge in [-0.1, -0.05) is 96.8 Å². The molecule has 0 heterocycles. The predicted molar refractivity (Wildman–Crippen MR) is 105 cm³/mol. The van der Waals surface area contributed by atoms with Crippen LogP contribution in [0.4, 0.5) is 0 Å². The zero-order chi connectivity index (χ0) is 18.8. The molecule has 0 aliphatic carbocycles. The summed E-state index contributed by atoms with van der Waals surface area (Å²) in [5, 5.41) is 9.98. The zero-order valence-electron chi connectivity index (χ0n) is 17.4. The van der Waals surface area contributed by atoms with Gasteiger partial charge in [0.15, 0.2) is 0 Å². The second-order valence-corrected chi connectivity index (χ2v) is 8.97. The Morgan fingerprint density at radius 2 is 1.04 bits per heavy atom. The van der Waals surface area contributed by atoms with E-state index in [1.165, 1.54) is 51.4 Å². The molecule has 0 radical (unpaired) electrons. The summed E-state index contributed by atoms with van der Waals surface area (Å²) in [5.41, 5.74) is 0. The molecule has 1 unspecified atom stereocenters. The molecule has 152 valence electrons. The molecule has 0 amide bonds. The van der Waals surface area contributed by atoms with Gasteiger partial charge in [-0.2, -0.15) is 0 Å². The summed E-state index contributed by atoms with van der Waals surface area (Å²) in [7, 11) is -4.04. The zero-order valence-corrected chi connectivity index (χ0v) is 20.2. The third kappa shape index (κ3) is 24.9. The molecule has 0 aliphatic heterocycles. The molecule has 26 heavy (non-hydrogen) atoms. The van der Waals surface area contributed by atoms with Crippen molar-refractivity contribution in [3.8, 4) is 0 Å². The molecule has 0 saturated heterocycles. The molecular weight excluding hydrogens is 359 g/mol. The van der Waals surface area contributed by atoms with Gasteiger partial charge >= 0.3 is 29.6 Å². The Kier molecular flexibility index (Phi) is 23.0. The SMILES string of the molecule is CCCCCCCCCCCC(O)CCCCCCCCS(=O)(=O)[O-].[Na+]. The summed E-state index contributed by atoms with van der Waals surface area (Å²) in [6, 6.07) is 0. The summed E-state index contributed by atoms with van der Waals surface area (Å²) < 4.78 is 31.4. The summed E-state index contributed by atoms with van der Waals surface area (Å²) in [4.78, 5) is 0. The van der Waals surface area contributed by atoms with Gasteiger partial charge in [-0.25, -0.2) is 8.42 Å². The fourth-order valence-corrected chi connectivity index (χ4v) is 3.76. The minimum Gasteiger partial charge on any atom is -0.748 e. The van der Waals surface area contributed by atoms with Crippen molar-refractivity contribution in [1.82, 2.24) is 0 Å². The molecule has 1 atom stereocenters. The second-order valence-electron chi connectivity index (χ2n) is 7.44. The molecule has 0 aromatic heterocycles. The van der Waals surface area contributed by atoms with E-state index in [0.29, 0.717) is 6.42 Å².